The van der Waals surface area contributed by atoms with E-state index in [1.807, 2.05) is 11.7 Å². The van der Waals surface area contributed by atoms with E-state index in [1.165, 1.54) is 37.0 Å². The van der Waals surface area contributed by atoms with Gasteiger partial charge >= 0.3 is 0 Å². The van der Waals surface area contributed by atoms with Crippen LogP contribution in [0.3, 0.4) is 0 Å². The molecule has 94 valence electrons. The van der Waals surface area contributed by atoms with Gasteiger partial charge in [-0.3, -0.25) is 4.98 Å². The minimum Gasteiger partial charge on any atom is -0.309 e. The summed E-state index contributed by atoms with van der Waals surface area (Å²) in [5.41, 5.74) is 1.92. The van der Waals surface area contributed by atoms with Crippen LogP contribution in [0, 0.1) is 0 Å². The van der Waals surface area contributed by atoms with Gasteiger partial charge in [0, 0.05) is 35.7 Å². The van der Waals surface area contributed by atoms with Gasteiger partial charge in [-0.05, 0) is 32.7 Å². The van der Waals surface area contributed by atoms with E-state index in [2.05, 4.69) is 22.2 Å². The summed E-state index contributed by atoms with van der Waals surface area (Å²) >= 11 is 1.75. The fourth-order valence-electron chi connectivity index (χ4n) is 3.36. The summed E-state index contributed by atoms with van der Waals surface area (Å²) in [6.45, 7) is 0.998. The lowest BCUT2D eigenvalue weighted by atomic mass is 9.82. The van der Waals surface area contributed by atoms with Gasteiger partial charge in [0.2, 0.25) is 0 Å². The molecule has 2 saturated heterocycles. The fraction of sp³-hybridized carbons (Fsp3) is 0.769. The van der Waals surface area contributed by atoms with Crippen LogP contribution < -0.4 is 5.32 Å². The molecule has 2 aliphatic heterocycles. The zero-order valence-electron chi connectivity index (χ0n) is 10.4. The molecule has 0 saturated carbocycles. The molecule has 2 unspecified atom stereocenters. The molecule has 0 spiro atoms. The molecule has 0 aromatic carbocycles. The van der Waals surface area contributed by atoms with E-state index in [9.17, 15) is 0 Å². The van der Waals surface area contributed by atoms with Gasteiger partial charge in [-0.25, -0.2) is 0 Å². The molecule has 0 radical (unpaired) electrons. The average molecular weight is 251 g/mol. The molecule has 2 atom stereocenters. The molecule has 2 fully saturated rings. The van der Waals surface area contributed by atoms with E-state index in [-0.39, 0.29) is 0 Å². The normalized spacial score (nSPS) is 33.8. The van der Waals surface area contributed by atoms with Crippen LogP contribution in [0.4, 0.5) is 0 Å². The lowest BCUT2D eigenvalue weighted by Crippen LogP contribution is -2.54. The summed E-state index contributed by atoms with van der Waals surface area (Å²) in [6, 6.07) is 2.35. The molecule has 2 aliphatic rings. The Hall–Kier alpha value is -0.450. The number of hydrogen-bond acceptors (Lipinski definition) is 4. The van der Waals surface area contributed by atoms with Crippen LogP contribution in [0.2, 0.25) is 0 Å². The lowest BCUT2D eigenvalue weighted by Gasteiger charge is -2.47. The molecule has 17 heavy (non-hydrogen) atoms. The van der Waals surface area contributed by atoms with Gasteiger partial charge in [-0.1, -0.05) is 6.42 Å². The summed E-state index contributed by atoms with van der Waals surface area (Å²) in [6.07, 6.45) is 8.85. The first-order valence-electron chi connectivity index (χ1n) is 6.65. The predicted octanol–water partition coefficient (Wildman–Crippen LogP) is 2.25. The Kier molecular flexibility index (Phi) is 3.45. The van der Waals surface area contributed by atoms with Crippen molar-refractivity contribution in [3.05, 3.63) is 16.6 Å². The minimum atomic E-state index is 0.712. The third kappa shape index (κ3) is 2.54. The number of piperidine rings is 2. The third-order valence-corrected chi connectivity index (χ3v) is 5.17. The first-order chi connectivity index (χ1) is 8.33. The number of hydrogen-bond donors (Lipinski definition) is 1. The molecule has 3 rings (SSSR count). The summed E-state index contributed by atoms with van der Waals surface area (Å²) in [4.78, 5) is 8.10. The molecule has 0 aliphatic carbocycles. The van der Waals surface area contributed by atoms with Gasteiger partial charge < -0.3 is 10.2 Å². The van der Waals surface area contributed by atoms with Crippen LogP contribution in [0.15, 0.2) is 11.7 Å². The number of rotatable bonds is 3. The van der Waals surface area contributed by atoms with Crippen molar-refractivity contribution in [1.82, 2.24) is 15.2 Å². The molecule has 1 aromatic heterocycles. The van der Waals surface area contributed by atoms with Crippen molar-refractivity contribution in [1.29, 1.82) is 0 Å². The van der Waals surface area contributed by atoms with E-state index in [0.29, 0.717) is 6.04 Å². The maximum atomic E-state index is 4.13. The maximum absolute atomic E-state index is 4.13. The van der Waals surface area contributed by atoms with E-state index in [0.717, 1.165) is 18.6 Å². The van der Waals surface area contributed by atoms with Gasteiger partial charge in [0.15, 0.2) is 0 Å². The number of fused-ring (bicyclic) bond motifs is 2. The Balaban J connectivity index is 1.55. The van der Waals surface area contributed by atoms with Crippen molar-refractivity contribution < 1.29 is 0 Å². The summed E-state index contributed by atoms with van der Waals surface area (Å²) in [5, 5.41) is 3.72. The highest BCUT2D eigenvalue weighted by Crippen LogP contribution is 2.32. The van der Waals surface area contributed by atoms with Crippen molar-refractivity contribution in [3.8, 4) is 0 Å². The molecule has 2 bridgehead atoms. The predicted molar refractivity (Wildman–Crippen MR) is 71.2 cm³/mol. The first kappa shape index (κ1) is 11.6. The Bertz CT molecular complexity index is 338. The number of aromatic nitrogens is 1. The summed E-state index contributed by atoms with van der Waals surface area (Å²) in [5.74, 6) is 0. The Morgan fingerprint density at radius 2 is 2.18 bits per heavy atom. The van der Waals surface area contributed by atoms with Gasteiger partial charge in [-0.15, -0.1) is 11.3 Å². The highest BCUT2D eigenvalue weighted by atomic mass is 32.1. The third-order valence-electron chi connectivity index (χ3n) is 4.39. The second-order valence-electron chi connectivity index (χ2n) is 5.42. The lowest BCUT2D eigenvalue weighted by molar-refractivity contribution is 0.0483. The zero-order valence-corrected chi connectivity index (χ0v) is 11.2. The second kappa shape index (κ2) is 5.04. The van der Waals surface area contributed by atoms with Crippen molar-refractivity contribution in [2.45, 2.75) is 56.8 Å². The van der Waals surface area contributed by atoms with Gasteiger partial charge in [0.1, 0.15) is 0 Å². The van der Waals surface area contributed by atoms with Crippen molar-refractivity contribution >= 4 is 11.3 Å². The SMILES string of the molecule is CN1C2CCCC1CC(NCc1cncs1)C2. The van der Waals surface area contributed by atoms with Gasteiger partial charge in [0.25, 0.3) is 0 Å². The van der Waals surface area contributed by atoms with E-state index < -0.39 is 0 Å². The Morgan fingerprint density at radius 3 is 2.82 bits per heavy atom. The van der Waals surface area contributed by atoms with Crippen LogP contribution in [-0.2, 0) is 6.54 Å². The summed E-state index contributed by atoms with van der Waals surface area (Å²) in [7, 11) is 2.31. The average Bonchev–Trinajstić information content (AvgIpc) is 2.79. The molecule has 1 aromatic rings. The highest BCUT2D eigenvalue weighted by molar-refractivity contribution is 7.09. The molecule has 3 heterocycles. The summed E-state index contributed by atoms with van der Waals surface area (Å²) < 4.78 is 0. The Labute approximate surface area is 107 Å². The van der Waals surface area contributed by atoms with Crippen LogP contribution in [-0.4, -0.2) is 35.1 Å². The van der Waals surface area contributed by atoms with Crippen LogP contribution >= 0.6 is 11.3 Å². The number of nitrogens with zero attached hydrogens (tertiary/aromatic N) is 2. The molecule has 0 amide bonds. The molecule has 4 heteroatoms. The van der Waals surface area contributed by atoms with Crippen molar-refractivity contribution in [2.24, 2.45) is 0 Å². The molecule has 1 N–H and O–H groups in total. The molecular weight excluding hydrogens is 230 g/mol. The standard InChI is InChI=1S/C13H21N3S/c1-16-11-3-2-4-12(16)6-10(5-11)15-8-13-7-14-9-17-13/h7,9-12,15H,2-6,8H2,1H3. The number of thiazole rings is 1. The minimum absolute atomic E-state index is 0.712. The fourth-order valence-corrected chi connectivity index (χ4v) is 3.90. The van der Waals surface area contributed by atoms with Crippen LogP contribution in [0.1, 0.15) is 37.0 Å². The second-order valence-corrected chi connectivity index (χ2v) is 6.39. The molecule has 3 nitrogen and oxygen atoms in total. The number of nitrogens with one attached hydrogen (secondary N) is 1. The quantitative estimate of drug-likeness (QED) is 0.893. The first-order valence-corrected chi connectivity index (χ1v) is 7.53. The van der Waals surface area contributed by atoms with Crippen molar-refractivity contribution in [2.75, 3.05) is 7.05 Å². The topological polar surface area (TPSA) is 28.2 Å². The van der Waals surface area contributed by atoms with Gasteiger partial charge in [-0.2, -0.15) is 0 Å². The monoisotopic (exact) mass is 251 g/mol. The van der Waals surface area contributed by atoms with E-state index >= 15 is 0 Å². The maximum Gasteiger partial charge on any atom is 0.0794 e. The zero-order chi connectivity index (χ0) is 11.7. The molecular formula is C13H21N3S. The van der Waals surface area contributed by atoms with Crippen LogP contribution in [0.25, 0.3) is 0 Å². The highest BCUT2D eigenvalue weighted by Gasteiger charge is 2.35. The van der Waals surface area contributed by atoms with E-state index in [1.54, 1.807) is 11.3 Å². The largest absolute Gasteiger partial charge is 0.309 e. The smallest absolute Gasteiger partial charge is 0.0794 e. The van der Waals surface area contributed by atoms with E-state index in [4.69, 9.17) is 0 Å². The van der Waals surface area contributed by atoms with Gasteiger partial charge in [0.05, 0.1) is 5.51 Å². The van der Waals surface area contributed by atoms with Crippen molar-refractivity contribution in [3.63, 3.8) is 0 Å². The van der Waals surface area contributed by atoms with Crippen LogP contribution in [0.5, 0.6) is 0 Å². The Morgan fingerprint density at radius 1 is 1.41 bits per heavy atom.